The third kappa shape index (κ3) is 4.39. The molecule has 1 aromatic rings. The number of aromatic nitrogens is 1. The molecule has 1 aromatic heterocycles. The minimum Gasteiger partial charge on any atom is -0.378 e. The topological polar surface area (TPSA) is 54.5 Å². The van der Waals surface area contributed by atoms with Crippen LogP contribution < -0.4 is 5.32 Å². The monoisotopic (exact) mass is 343 g/mol. The first-order valence-electron chi connectivity index (χ1n) is 9.81. The molecular formula is C20H29N3O2. The second kappa shape index (κ2) is 7.83. The Kier molecular flexibility index (Phi) is 5.32. The first kappa shape index (κ1) is 17.0. The Hall–Kier alpha value is -1.46. The number of amides is 1. The zero-order valence-corrected chi connectivity index (χ0v) is 14.9. The third-order valence-corrected chi connectivity index (χ3v) is 5.91. The van der Waals surface area contributed by atoms with Gasteiger partial charge in [0.15, 0.2) is 0 Å². The number of nitrogens with one attached hydrogen (secondary N) is 1. The maximum Gasteiger partial charge on any atom is 0.223 e. The molecule has 1 N–H and O–H groups in total. The summed E-state index contributed by atoms with van der Waals surface area (Å²) in [5.74, 6) is 1.58. The lowest BCUT2D eigenvalue weighted by Gasteiger charge is -2.44. The molecule has 136 valence electrons. The highest BCUT2D eigenvalue weighted by Crippen LogP contribution is 2.36. The van der Waals surface area contributed by atoms with Crippen LogP contribution in [0.15, 0.2) is 24.4 Å². The minimum atomic E-state index is 0.101. The number of hydrogen-bond donors (Lipinski definition) is 1. The lowest BCUT2D eigenvalue weighted by Crippen LogP contribution is -2.53. The summed E-state index contributed by atoms with van der Waals surface area (Å²) in [7, 11) is 0. The van der Waals surface area contributed by atoms with Gasteiger partial charge in [0.05, 0.1) is 6.10 Å². The standard InChI is InChI=1S/C20H29N3O2/c24-20(22-10-6-16-3-1-2-9-21-16)17-8-12-25-19-7-11-23(14-18(17)19)13-15-4-5-15/h1-3,9,15,17-19H,4-8,10-14H2,(H,22,24)/t17-,18+,19-/m1/s1. The minimum absolute atomic E-state index is 0.101. The van der Waals surface area contributed by atoms with E-state index in [-0.39, 0.29) is 17.9 Å². The number of likely N-dealkylation sites (tertiary alicyclic amines) is 1. The van der Waals surface area contributed by atoms with E-state index in [1.165, 1.54) is 19.4 Å². The van der Waals surface area contributed by atoms with Gasteiger partial charge in [0.1, 0.15) is 0 Å². The molecule has 3 atom stereocenters. The van der Waals surface area contributed by atoms with E-state index in [1.54, 1.807) is 6.20 Å². The molecule has 3 aliphatic rings. The Labute approximate surface area is 150 Å². The number of rotatable bonds is 6. The molecule has 1 amide bonds. The fourth-order valence-corrected chi connectivity index (χ4v) is 4.33. The Balaban J connectivity index is 1.30. The van der Waals surface area contributed by atoms with Crippen LogP contribution in [0.2, 0.25) is 0 Å². The van der Waals surface area contributed by atoms with E-state index in [0.717, 1.165) is 50.6 Å². The van der Waals surface area contributed by atoms with E-state index in [2.05, 4.69) is 15.2 Å². The van der Waals surface area contributed by atoms with Gasteiger partial charge < -0.3 is 15.0 Å². The van der Waals surface area contributed by atoms with Crippen molar-refractivity contribution in [1.82, 2.24) is 15.2 Å². The van der Waals surface area contributed by atoms with Gasteiger partial charge >= 0.3 is 0 Å². The summed E-state index contributed by atoms with van der Waals surface area (Å²) in [6.07, 6.45) is 7.57. The Morgan fingerprint density at radius 1 is 1.28 bits per heavy atom. The third-order valence-electron chi connectivity index (χ3n) is 5.91. The molecule has 1 aliphatic carbocycles. The van der Waals surface area contributed by atoms with Gasteiger partial charge in [-0.2, -0.15) is 0 Å². The van der Waals surface area contributed by atoms with E-state index in [1.807, 2.05) is 18.2 Å². The predicted octanol–water partition coefficient (Wildman–Crippen LogP) is 1.88. The van der Waals surface area contributed by atoms with Gasteiger partial charge in [-0.05, 0) is 43.7 Å². The Morgan fingerprint density at radius 3 is 3.00 bits per heavy atom. The Bertz CT molecular complexity index is 576. The highest BCUT2D eigenvalue weighted by Gasteiger charge is 2.42. The van der Waals surface area contributed by atoms with Gasteiger partial charge in [-0.15, -0.1) is 0 Å². The average Bonchev–Trinajstić information content (AvgIpc) is 3.46. The van der Waals surface area contributed by atoms with Crippen LogP contribution >= 0.6 is 0 Å². The smallest absolute Gasteiger partial charge is 0.223 e. The van der Waals surface area contributed by atoms with Gasteiger partial charge in [-0.1, -0.05) is 6.07 Å². The van der Waals surface area contributed by atoms with Gasteiger partial charge in [-0.25, -0.2) is 0 Å². The SMILES string of the molecule is O=C(NCCc1ccccn1)[C@@H]1CCO[C@@H]2CCN(CC3CC3)C[C@H]21. The lowest BCUT2D eigenvalue weighted by molar-refractivity contribution is -0.141. The summed E-state index contributed by atoms with van der Waals surface area (Å²) >= 11 is 0. The molecule has 0 unspecified atom stereocenters. The van der Waals surface area contributed by atoms with Crippen LogP contribution in [-0.4, -0.2) is 54.7 Å². The molecule has 3 fully saturated rings. The van der Waals surface area contributed by atoms with Crippen molar-refractivity contribution in [2.75, 3.05) is 32.8 Å². The van der Waals surface area contributed by atoms with Crippen molar-refractivity contribution in [3.63, 3.8) is 0 Å². The van der Waals surface area contributed by atoms with Crippen molar-refractivity contribution in [2.24, 2.45) is 17.8 Å². The van der Waals surface area contributed by atoms with E-state index in [0.29, 0.717) is 12.5 Å². The van der Waals surface area contributed by atoms with Crippen LogP contribution in [0.3, 0.4) is 0 Å². The van der Waals surface area contributed by atoms with Crippen LogP contribution in [0.25, 0.3) is 0 Å². The second-order valence-electron chi connectivity index (χ2n) is 7.82. The summed E-state index contributed by atoms with van der Waals surface area (Å²) in [5, 5.41) is 3.15. The first-order valence-corrected chi connectivity index (χ1v) is 9.81. The van der Waals surface area contributed by atoms with Crippen molar-refractivity contribution >= 4 is 5.91 Å². The predicted molar refractivity (Wildman–Crippen MR) is 96.1 cm³/mol. The average molecular weight is 343 g/mol. The number of fused-ring (bicyclic) bond motifs is 1. The molecular weight excluding hydrogens is 314 g/mol. The highest BCUT2D eigenvalue weighted by atomic mass is 16.5. The number of ether oxygens (including phenoxy) is 1. The van der Waals surface area contributed by atoms with Crippen LogP contribution in [-0.2, 0) is 16.0 Å². The van der Waals surface area contributed by atoms with E-state index in [4.69, 9.17) is 4.74 Å². The highest BCUT2D eigenvalue weighted by molar-refractivity contribution is 5.79. The lowest BCUT2D eigenvalue weighted by atomic mass is 9.79. The van der Waals surface area contributed by atoms with Crippen molar-refractivity contribution in [3.05, 3.63) is 30.1 Å². The zero-order chi connectivity index (χ0) is 17.1. The molecule has 1 saturated carbocycles. The molecule has 4 rings (SSSR count). The summed E-state index contributed by atoms with van der Waals surface area (Å²) in [6.45, 7) is 4.76. The summed E-state index contributed by atoms with van der Waals surface area (Å²) in [4.78, 5) is 19.7. The number of carbonyl (C=O) groups excluding carboxylic acids is 1. The summed E-state index contributed by atoms with van der Waals surface area (Å²) in [5.41, 5.74) is 1.03. The van der Waals surface area contributed by atoms with Crippen molar-refractivity contribution in [2.45, 2.75) is 38.2 Å². The van der Waals surface area contributed by atoms with Gasteiger partial charge in [0.25, 0.3) is 0 Å². The number of piperidine rings is 1. The van der Waals surface area contributed by atoms with Crippen molar-refractivity contribution < 1.29 is 9.53 Å². The molecule has 2 aliphatic heterocycles. The van der Waals surface area contributed by atoms with Crippen LogP contribution in [0.4, 0.5) is 0 Å². The molecule has 2 saturated heterocycles. The molecule has 5 heteroatoms. The molecule has 25 heavy (non-hydrogen) atoms. The maximum atomic E-state index is 12.8. The van der Waals surface area contributed by atoms with E-state index in [9.17, 15) is 4.79 Å². The van der Waals surface area contributed by atoms with Gasteiger partial charge in [0, 0.05) is 62.9 Å². The molecule has 0 aromatic carbocycles. The summed E-state index contributed by atoms with van der Waals surface area (Å²) < 4.78 is 5.99. The van der Waals surface area contributed by atoms with Crippen LogP contribution in [0.1, 0.15) is 31.4 Å². The molecule has 3 heterocycles. The van der Waals surface area contributed by atoms with Crippen LogP contribution in [0, 0.1) is 17.8 Å². The second-order valence-corrected chi connectivity index (χ2v) is 7.82. The van der Waals surface area contributed by atoms with E-state index >= 15 is 0 Å². The van der Waals surface area contributed by atoms with E-state index < -0.39 is 0 Å². The fraction of sp³-hybridized carbons (Fsp3) is 0.700. The first-order chi connectivity index (χ1) is 12.3. The number of hydrogen-bond acceptors (Lipinski definition) is 4. The quantitative estimate of drug-likeness (QED) is 0.857. The summed E-state index contributed by atoms with van der Waals surface area (Å²) in [6, 6.07) is 5.91. The van der Waals surface area contributed by atoms with Gasteiger partial charge in [-0.3, -0.25) is 9.78 Å². The number of carbonyl (C=O) groups is 1. The molecule has 0 spiro atoms. The molecule has 5 nitrogen and oxygen atoms in total. The zero-order valence-electron chi connectivity index (χ0n) is 14.9. The molecule has 0 radical (unpaired) electrons. The van der Waals surface area contributed by atoms with Crippen molar-refractivity contribution in [1.29, 1.82) is 0 Å². The van der Waals surface area contributed by atoms with Gasteiger partial charge in [0.2, 0.25) is 5.91 Å². The Morgan fingerprint density at radius 2 is 2.20 bits per heavy atom. The molecule has 0 bridgehead atoms. The normalized spacial score (nSPS) is 29.8. The van der Waals surface area contributed by atoms with Crippen molar-refractivity contribution in [3.8, 4) is 0 Å². The largest absolute Gasteiger partial charge is 0.378 e. The maximum absolute atomic E-state index is 12.8. The number of pyridine rings is 1. The fourth-order valence-electron chi connectivity index (χ4n) is 4.33. The van der Waals surface area contributed by atoms with Crippen LogP contribution in [0.5, 0.6) is 0 Å². The number of nitrogens with zero attached hydrogens (tertiary/aromatic N) is 2.